The van der Waals surface area contributed by atoms with Crippen LogP contribution in [0, 0.1) is 11.3 Å². The van der Waals surface area contributed by atoms with E-state index >= 15 is 0 Å². The standard InChI is InChI=1S/C21H32N2O3/c1-21(2)14-19(21)20(24)22-15-16-5-4-6-18(13-16)26-12-9-23(3)17-7-10-25-11-8-17/h4-6,13,17,19H,7-12,14-15H2,1-3H3,(H,22,24)/t19-/m1/s1. The predicted octanol–water partition coefficient (Wildman–Crippen LogP) is 2.84. The first-order valence-corrected chi connectivity index (χ1v) is 9.73. The van der Waals surface area contributed by atoms with E-state index in [0.717, 1.165) is 50.3 Å². The average Bonchev–Trinajstić information content (AvgIpc) is 3.29. The van der Waals surface area contributed by atoms with Crippen LogP contribution in [0.3, 0.4) is 0 Å². The summed E-state index contributed by atoms with van der Waals surface area (Å²) in [6, 6.07) is 8.61. The van der Waals surface area contributed by atoms with Crippen LogP contribution < -0.4 is 10.1 Å². The Kier molecular flexibility index (Phi) is 6.20. The van der Waals surface area contributed by atoms with E-state index in [0.29, 0.717) is 19.2 Å². The molecule has 1 saturated carbocycles. The van der Waals surface area contributed by atoms with Crippen LogP contribution in [0.25, 0.3) is 0 Å². The second kappa shape index (κ2) is 8.40. The van der Waals surface area contributed by atoms with Gasteiger partial charge in [-0.2, -0.15) is 0 Å². The molecule has 3 rings (SSSR count). The van der Waals surface area contributed by atoms with E-state index < -0.39 is 0 Å². The molecule has 1 aliphatic heterocycles. The number of nitrogens with zero attached hydrogens (tertiary/aromatic N) is 1. The van der Waals surface area contributed by atoms with Gasteiger partial charge < -0.3 is 14.8 Å². The zero-order chi connectivity index (χ0) is 18.6. The summed E-state index contributed by atoms with van der Waals surface area (Å²) >= 11 is 0. The lowest BCUT2D eigenvalue weighted by Gasteiger charge is -2.31. The van der Waals surface area contributed by atoms with Crippen LogP contribution in [0.5, 0.6) is 5.75 Å². The van der Waals surface area contributed by atoms with Crippen molar-refractivity contribution < 1.29 is 14.3 Å². The third-order valence-corrected chi connectivity index (χ3v) is 5.72. The van der Waals surface area contributed by atoms with Crippen LogP contribution in [-0.2, 0) is 16.1 Å². The van der Waals surface area contributed by atoms with E-state index in [9.17, 15) is 4.79 Å². The second-order valence-corrected chi connectivity index (χ2v) is 8.28. The van der Waals surface area contributed by atoms with E-state index in [-0.39, 0.29) is 17.2 Å². The van der Waals surface area contributed by atoms with Crippen molar-refractivity contribution in [2.45, 2.75) is 45.7 Å². The first kappa shape index (κ1) is 19.2. The van der Waals surface area contributed by atoms with Gasteiger partial charge in [0.1, 0.15) is 12.4 Å². The van der Waals surface area contributed by atoms with E-state index in [2.05, 4.69) is 31.1 Å². The summed E-state index contributed by atoms with van der Waals surface area (Å²) in [5.41, 5.74) is 1.25. The molecular formula is C21H32N2O3. The number of carbonyl (C=O) groups is 1. The minimum atomic E-state index is 0.166. The van der Waals surface area contributed by atoms with Gasteiger partial charge in [-0.1, -0.05) is 26.0 Å². The van der Waals surface area contributed by atoms with Crippen LogP contribution >= 0.6 is 0 Å². The van der Waals surface area contributed by atoms with E-state index in [1.54, 1.807) is 0 Å². The fourth-order valence-corrected chi connectivity index (χ4v) is 3.59. The van der Waals surface area contributed by atoms with Gasteiger partial charge in [-0.25, -0.2) is 0 Å². The Balaban J connectivity index is 1.40. The molecule has 5 nitrogen and oxygen atoms in total. The van der Waals surface area contributed by atoms with Crippen molar-refractivity contribution in [3.05, 3.63) is 29.8 Å². The molecule has 0 bridgehead atoms. The molecule has 0 spiro atoms. The number of carbonyl (C=O) groups excluding carboxylic acids is 1. The van der Waals surface area contributed by atoms with Gasteiger partial charge in [-0.05, 0) is 49.4 Å². The summed E-state index contributed by atoms with van der Waals surface area (Å²) in [6.07, 6.45) is 3.19. The quantitative estimate of drug-likeness (QED) is 0.774. The van der Waals surface area contributed by atoms with E-state index in [1.165, 1.54) is 0 Å². The van der Waals surface area contributed by atoms with Crippen molar-refractivity contribution in [1.82, 2.24) is 10.2 Å². The molecule has 1 amide bonds. The van der Waals surface area contributed by atoms with Crippen molar-refractivity contribution in [3.63, 3.8) is 0 Å². The number of hydrogen-bond donors (Lipinski definition) is 1. The zero-order valence-electron chi connectivity index (χ0n) is 16.3. The molecule has 5 heteroatoms. The first-order chi connectivity index (χ1) is 12.5. The van der Waals surface area contributed by atoms with Crippen LogP contribution in [0.4, 0.5) is 0 Å². The molecular weight excluding hydrogens is 328 g/mol. The lowest BCUT2D eigenvalue weighted by atomic mass is 10.1. The van der Waals surface area contributed by atoms with Gasteiger partial charge in [0.25, 0.3) is 0 Å². The summed E-state index contributed by atoms with van der Waals surface area (Å²) in [5, 5.41) is 3.05. The fourth-order valence-electron chi connectivity index (χ4n) is 3.59. The highest BCUT2D eigenvalue weighted by Gasteiger charge is 2.50. The molecule has 26 heavy (non-hydrogen) atoms. The van der Waals surface area contributed by atoms with Crippen LogP contribution in [0.15, 0.2) is 24.3 Å². The number of rotatable bonds is 8. The van der Waals surface area contributed by atoms with Crippen molar-refractivity contribution in [3.8, 4) is 5.75 Å². The zero-order valence-corrected chi connectivity index (χ0v) is 16.3. The molecule has 1 heterocycles. The monoisotopic (exact) mass is 360 g/mol. The lowest BCUT2D eigenvalue weighted by Crippen LogP contribution is -2.38. The summed E-state index contributed by atoms with van der Waals surface area (Å²) in [5.74, 6) is 1.20. The lowest BCUT2D eigenvalue weighted by molar-refractivity contribution is -0.123. The highest BCUT2D eigenvalue weighted by Crippen LogP contribution is 2.51. The van der Waals surface area contributed by atoms with Crippen LogP contribution in [-0.4, -0.2) is 50.3 Å². The van der Waals surface area contributed by atoms with E-state index in [1.807, 2.05) is 24.3 Å². The molecule has 2 aliphatic rings. The van der Waals surface area contributed by atoms with Crippen molar-refractivity contribution in [2.75, 3.05) is 33.4 Å². The van der Waals surface area contributed by atoms with Crippen LogP contribution in [0.2, 0.25) is 0 Å². The smallest absolute Gasteiger partial charge is 0.223 e. The molecule has 144 valence electrons. The Bertz CT molecular complexity index is 611. The fraction of sp³-hybridized carbons (Fsp3) is 0.667. The average molecular weight is 360 g/mol. The Morgan fingerprint density at radius 3 is 2.77 bits per heavy atom. The number of hydrogen-bond acceptors (Lipinski definition) is 4. The third-order valence-electron chi connectivity index (χ3n) is 5.72. The largest absolute Gasteiger partial charge is 0.492 e. The molecule has 0 radical (unpaired) electrons. The minimum absolute atomic E-state index is 0.166. The molecule has 1 aromatic rings. The molecule has 2 fully saturated rings. The number of nitrogens with one attached hydrogen (secondary N) is 1. The number of benzene rings is 1. The Hall–Kier alpha value is -1.59. The van der Waals surface area contributed by atoms with Crippen molar-refractivity contribution in [2.24, 2.45) is 11.3 Å². The Morgan fingerprint density at radius 2 is 2.08 bits per heavy atom. The van der Waals surface area contributed by atoms with Gasteiger partial charge in [-0.15, -0.1) is 0 Å². The number of amides is 1. The maximum atomic E-state index is 12.1. The maximum Gasteiger partial charge on any atom is 0.223 e. The molecule has 0 aromatic heterocycles. The third kappa shape index (κ3) is 5.21. The van der Waals surface area contributed by atoms with Gasteiger partial charge in [-0.3, -0.25) is 9.69 Å². The predicted molar refractivity (Wildman–Crippen MR) is 102 cm³/mol. The summed E-state index contributed by atoms with van der Waals surface area (Å²) < 4.78 is 11.3. The molecule has 0 unspecified atom stereocenters. The Labute approximate surface area is 157 Å². The summed E-state index contributed by atoms with van der Waals surface area (Å²) in [7, 11) is 2.16. The minimum Gasteiger partial charge on any atom is -0.492 e. The van der Waals surface area contributed by atoms with Crippen molar-refractivity contribution >= 4 is 5.91 Å². The maximum absolute atomic E-state index is 12.1. The summed E-state index contributed by atoms with van der Waals surface area (Å²) in [6.45, 7) is 8.14. The molecule has 1 saturated heterocycles. The molecule has 1 atom stereocenters. The molecule has 1 N–H and O–H groups in total. The number of ether oxygens (including phenoxy) is 2. The highest BCUT2D eigenvalue weighted by molar-refractivity contribution is 5.82. The SMILES string of the molecule is CN(CCOc1cccc(CNC(=O)[C@H]2CC2(C)C)c1)C1CCOCC1. The van der Waals surface area contributed by atoms with Gasteiger partial charge in [0.15, 0.2) is 0 Å². The van der Waals surface area contributed by atoms with Gasteiger partial charge in [0.2, 0.25) is 5.91 Å². The highest BCUT2D eigenvalue weighted by atomic mass is 16.5. The van der Waals surface area contributed by atoms with Gasteiger partial charge in [0, 0.05) is 38.3 Å². The molecule has 1 aromatic carbocycles. The summed E-state index contributed by atoms with van der Waals surface area (Å²) in [4.78, 5) is 14.5. The van der Waals surface area contributed by atoms with E-state index in [4.69, 9.17) is 9.47 Å². The normalized spacial score (nSPS) is 22.2. The first-order valence-electron chi connectivity index (χ1n) is 9.73. The Morgan fingerprint density at radius 1 is 1.35 bits per heavy atom. The molecule has 1 aliphatic carbocycles. The number of likely N-dealkylation sites (N-methyl/N-ethyl adjacent to an activating group) is 1. The second-order valence-electron chi connectivity index (χ2n) is 8.28. The topological polar surface area (TPSA) is 50.8 Å². The van der Waals surface area contributed by atoms with Crippen molar-refractivity contribution in [1.29, 1.82) is 0 Å². The van der Waals surface area contributed by atoms with Crippen LogP contribution in [0.1, 0.15) is 38.7 Å². The van der Waals surface area contributed by atoms with Gasteiger partial charge in [0.05, 0.1) is 0 Å². The van der Waals surface area contributed by atoms with Gasteiger partial charge >= 0.3 is 0 Å².